The van der Waals surface area contributed by atoms with Crippen molar-refractivity contribution in [3.05, 3.63) is 96.2 Å². The van der Waals surface area contributed by atoms with Crippen molar-refractivity contribution < 1.29 is 14.3 Å². The van der Waals surface area contributed by atoms with Gasteiger partial charge in [0.25, 0.3) is 5.91 Å². The molecule has 0 unspecified atom stereocenters. The molecule has 180 valence electrons. The Balaban J connectivity index is 1.65. The summed E-state index contributed by atoms with van der Waals surface area (Å²) in [6.07, 6.45) is 1.77. The van der Waals surface area contributed by atoms with Crippen molar-refractivity contribution in [1.82, 2.24) is 20.0 Å². The summed E-state index contributed by atoms with van der Waals surface area (Å²) in [5.41, 5.74) is 3.75. The molecule has 1 amide bonds. The Morgan fingerprint density at radius 1 is 0.943 bits per heavy atom. The summed E-state index contributed by atoms with van der Waals surface area (Å²) < 4.78 is 12.6. The van der Waals surface area contributed by atoms with E-state index in [2.05, 4.69) is 10.2 Å². The highest BCUT2D eigenvalue weighted by atomic mass is 16.5. The number of nitrogens with zero attached hydrogens (tertiary/aromatic N) is 3. The Labute approximate surface area is 205 Å². The Morgan fingerprint density at radius 2 is 1.63 bits per heavy atom. The molecule has 0 saturated heterocycles. The minimum absolute atomic E-state index is 0.0104. The van der Waals surface area contributed by atoms with Gasteiger partial charge >= 0.3 is 0 Å². The molecule has 1 N–H and O–H groups in total. The molecule has 7 heteroatoms. The Morgan fingerprint density at radius 3 is 2.29 bits per heavy atom. The van der Waals surface area contributed by atoms with Crippen LogP contribution in [0.1, 0.15) is 22.0 Å². The number of para-hydroxylation sites is 2. The van der Waals surface area contributed by atoms with Gasteiger partial charge < -0.3 is 19.7 Å². The number of benzene rings is 3. The van der Waals surface area contributed by atoms with Crippen LogP contribution in [0, 0.1) is 0 Å². The Hall–Kier alpha value is -4.10. The van der Waals surface area contributed by atoms with E-state index >= 15 is 0 Å². The van der Waals surface area contributed by atoms with E-state index in [9.17, 15) is 4.79 Å². The van der Waals surface area contributed by atoms with E-state index in [0.29, 0.717) is 23.6 Å². The number of hydrogen-bond acceptors (Lipinski definition) is 5. The topological polar surface area (TPSA) is 68.6 Å². The zero-order valence-corrected chi connectivity index (χ0v) is 20.4. The number of amides is 1. The fraction of sp³-hybridized carbons (Fsp3) is 0.214. The lowest BCUT2D eigenvalue weighted by Crippen LogP contribution is -2.34. The number of hydrogen-bond donors (Lipinski definition) is 1. The normalized spacial score (nSPS) is 11.8. The molecule has 7 nitrogen and oxygen atoms in total. The lowest BCUT2D eigenvalue weighted by Gasteiger charge is -2.25. The molecule has 0 bridgehead atoms. The largest absolute Gasteiger partial charge is 0.497 e. The van der Waals surface area contributed by atoms with Crippen molar-refractivity contribution in [3.63, 3.8) is 0 Å². The highest BCUT2D eigenvalue weighted by Crippen LogP contribution is 2.32. The predicted molar refractivity (Wildman–Crippen MR) is 137 cm³/mol. The molecule has 0 aliphatic heterocycles. The monoisotopic (exact) mass is 470 g/mol. The van der Waals surface area contributed by atoms with Gasteiger partial charge in [-0.05, 0) is 56.1 Å². The second-order valence-corrected chi connectivity index (χ2v) is 8.33. The summed E-state index contributed by atoms with van der Waals surface area (Å²) >= 11 is 0. The first-order valence-corrected chi connectivity index (χ1v) is 11.4. The van der Waals surface area contributed by atoms with E-state index in [1.165, 1.54) is 0 Å². The number of carbonyl (C=O) groups excluding carboxylic acids is 1. The number of ether oxygens (including phenoxy) is 2. The van der Waals surface area contributed by atoms with E-state index in [-0.39, 0.29) is 11.9 Å². The number of nitrogens with one attached hydrogen (secondary N) is 1. The van der Waals surface area contributed by atoms with Crippen LogP contribution in [0.4, 0.5) is 0 Å². The maximum absolute atomic E-state index is 13.5. The van der Waals surface area contributed by atoms with Crippen LogP contribution in [0.3, 0.4) is 0 Å². The number of carbonyl (C=O) groups is 1. The maximum Gasteiger partial charge on any atom is 0.255 e. The van der Waals surface area contributed by atoms with Gasteiger partial charge in [0, 0.05) is 18.3 Å². The smallest absolute Gasteiger partial charge is 0.255 e. The molecule has 3 aromatic carbocycles. The molecule has 1 aromatic heterocycles. The molecule has 0 aliphatic rings. The van der Waals surface area contributed by atoms with E-state index < -0.39 is 0 Å². The standard InChI is InChI=1S/C28H30N4O3/c1-31(2)25(20-14-16-22(34-3)17-15-20)18-29-28(33)24-19-32(21-10-6-5-7-11-21)30-27(24)23-12-8-9-13-26(23)35-4/h5-17,19,25H,18H2,1-4H3,(H,29,33)/t25-/m1/s1. The van der Waals surface area contributed by atoms with Crippen LogP contribution in [0.5, 0.6) is 11.5 Å². The van der Waals surface area contributed by atoms with Crippen molar-refractivity contribution in [3.8, 4) is 28.4 Å². The minimum atomic E-state index is -0.201. The summed E-state index contributed by atoms with van der Waals surface area (Å²) in [5.74, 6) is 1.25. The molecule has 1 heterocycles. The lowest BCUT2D eigenvalue weighted by atomic mass is 10.0. The van der Waals surface area contributed by atoms with Gasteiger partial charge in [-0.25, -0.2) is 4.68 Å². The van der Waals surface area contributed by atoms with E-state index in [0.717, 1.165) is 22.6 Å². The molecule has 0 saturated carbocycles. The fourth-order valence-corrected chi connectivity index (χ4v) is 4.00. The Kier molecular flexibility index (Phi) is 7.48. The van der Waals surface area contributed by atoms with Crippen LogP contribution in [0.25, 0.3) is 16.9 Å². The molecule has 4 rings (SSSR count). The van der Waals surface area contributed by atoms with E-state index in [1.54, 1.807) is 25.1 Å². The number of methoxy groups -OCH3 is 2. The molecular weight excluding hydrogens is 440 g/mol. The van der Waals surface area contributed by atoms with Crippen molar-refractivity contribution in [2.45, 2.75) is 6.04 Å². The van der Waals surface area contributed by atoms with Crippen molar-refractivity contribution >= 4 is 5.91 Å². The zero-order valence-electron chi connectivity index (χ0n) is 20.4. The zero-order chi connectivity index (χ0) is 24.8. The number of likely N-dealkylation sites (N-methyl/N-ethyl adjacent to an activating group) is 1. The molecule has 0 fully saturated rings. The first kappa shape index (κ1) is 24.0. The maximum atomic E-state index is 13.5. The molecule has 35 heavy (non-hydrogen) atoms. The SMILES string of the molecule is COc1ccc([C@@H](CNC(=O)c2cn(-c3ccccc3)nc2-c2ccccc2OC)N(C)C)cc1. The average molecular weight is 471 g/mol. The molecule has 0 aliphatic carbocycles. The summed E-state index contributed by atoms with van der Waals surface area (Å²) in [6.45, 7) is 0.431. The van der Waals surface area contributed by atoms with Gasteiger partial charge in [-0.2, -0.15) is 5.10 Å². The third-order valence-electron chi connectivity index (χ3n) is 5.92. The van der Waals surface area contributed by atoms with Crippen LogP contribution < -0.4 is 14.8 Å². The summed E-state index contributed by atoms with van der Waals surface area (Å²) in [7, 11) is 7.25. The molecule has 0 radical (unpaired) electrons. The first-order chi connectivity index (χ1) is 17.0. The molecule has 0 spiro atoms. The van der Waals surface area contributed by atoms with E-state index in [4.69, 9.17) is 14.6 Å². The minimum Gasteiger partial charge on any atom is -0.497 e. The van der Waals surface area contributed by atoms with Gasteiger partial charge in [-0.15, -0.1) is 0 Å². The van der Waals surface area contributed by atoms with Gasteiger partial charge in [0.05, 0.1) is 31.5 Å². The third kappa shape index (κ3) is 5.36. The van der Waals surface area contributed by atoms with Crippen LogP contribution >= 0.6 is 0 Å². The van der Waals surface area contributed by atoms with Crippen molar-refractivity contribution in [2.24, 2.45) is 0 Å². The number of rotatable bonds is 9. The van der Waals surface area contributed by atoms with Crippen LogP contribution in [0.15, 0.2) is 85.1 Å². The van der Waals surface area contributed by atoms with Crippen molar-refractivity contribution in [1.29, 1.82) is 0 Å². The third-order valence-corrected chi connectivity index (χ3v) is 5.92. The predicted octanol–water partition coefficient (Wildman–Crippen LogP) is 4.59. The van der Waals surface area contributed by atoms with Crippen LogP contribution in [0.2, 0.25) is 0 Å². The molecular formula is C28H30N4O3. The van der Waals surface area contributed by atoms with E-state index in [1.807, 2.05) is 93.0 Å². The Bertz CT molecular complexity index is 1270. The lowest BCUT2D eigenvalue weighted by molar-refractivity contribution is 0.0942. The first-order valence-electron chi connectivity index (χ1n) is 11.4. The second-order valence-electron chi connectivity index (χ2n) is 8.33. The molecule has 1 atom stereocenters. The van der Waals surface area contributed by atoms with Crippen molar-refractivity contribution in [2.75, 3.05) is 34.9 Å². The van der Waals surface area contributed by atoms with Gasteiger partial charge in [0.1, 0.15) is 17.2 Å². The average Bonchev–Trinajstić information content (AvgIpc) is 3.35. The van der Waals surface area contributed by atoms with Gasteiger partial charge in [0.15, 0.2) is 0 Å². The van der Waals surface area contributed by atoms with Crippen LogP contribution in [-0.4, -0.2) is 55.4 Å². The summed E-state index contributed by atoms with van der Waals surface area (Å²) in [4.78, 5) is 15.6. The fourth-order valence-electron chi connectivity index (χ4n) is 4.00. The van der Waals surface area contributed by atoms with Gasteiger partial charge in [0.2, 0.25) is 0 Å². The number of aromatic nitrogens is 2. The second kappa shape index (κ2) is 10.9. The highest BCUT2D eigenvalue weighted by Gasteiger charge is 2.23. The quantitative estimate of drug-likeness (QED) is 0.388. The molecule has 4 aromatic rings. The summed E-state index contributed by atoms with van der Waals surface area (Å²) in [5, 5.41) is 7.89. The highest BCUT2D eigenvalue weighted by molar-refractivity contribution is 6.00. The van der Waals surface area contributed by atoms with Gasteiger partial charge in [-0.1, -0.05) is 42.5 Å². The van der Waals surface area contributed by atoms with Gasteiger partial charge in [-0.3, -0.25) is 4.79 Å². The van der Waals surface area contributed by atoms with Crippen LogP contribution in [-0.2, 0) is 0 Å². The summed E-state index contributed by atoms with van der Waals surface area (Å²) in [6, 6.07) is 25.2.